The molecule has 0 fully saturated rings. The molecule has 0 atom stereocenters. The number of nitrogens with one attached hydrogen (secondary N) is 1. The first kappa shape index (κ1) is 16.8. The molecule has 1 N–H and O–H groups in total. The van der Waals surface area contributed by atoms with Gasteiger partial charge in [0.05, 0.1) is 5.69 Å². The molecule has 0 aliphatic rings. The first-order valence-corrected chi connectivity index (χ1v) is 8.62. The second-order valence-electron chi connectivity index (χ2n) is 6.09. The summed E-state index contributed by atoms with van der Waals surface area (Å²) in [6, 6.07) is 16.0. The Balaban J connectivity index is 1.60. The summed E-state index contributed by atoms with van der Waals surface area (Å²) in [6.45, 7) is 1.78. The zero-order valence-corrected chi connectivity index (χ0v) is 14.7. The van der Waals surface area contributed by atoms with Crippen LogP contribution >= 0.6 is 0 Å². The predicted molar refractivity (Wildman–Crippen MR) is 102 cm³/mol. The van der Waals surface area contributed by atoms with Crippen LogP contribution in [0.2, 0.25) is 0 Å². The molecule has 6 heteroatoms. The third-order valence-electron chi connectivity index (χ3n) is 4.24. The molecule has 4 rings (SSSR count). The largest absolute Gasteiger partial charge is 0.453 e. The van der Waals surface area contributed by atoms with E-state index in [0.717, 1.165) is 11.1 Å². The van der Waals surface area contributed by atoms with Crippen molar-refractivity contribution in [2.24, 2.45) is 0 Å². The molecule has 0 saturated carbocycles. The number of carbonyl (C=O) groups is 2. The van der Waals surface area contributed by atoms with Crippen LogP contribution in [0.1, 0.15) is 29.5 Å². The normalized spacial score (nSPS) is 10.9. The van der Waals surface area contributed by atoms with E-state index in [1.54, 1.807) is 48.1 Å². The van der Waals surface area contributed by atoms with Crippen molar-refractivity contribution >= 4 is 28.3 Å². The molecule has 4 aromatic rings. The van der Waals surface area contributed by atoms with Crippen molar-refractivity contribution in [3.63, 3.8) is 0 Å². The molecule has 27 heavy (non-hydrogen) atoms. The second kappa shape index (κ2) is 6.92. The van der Waals surface area contributed by atoms with Gasteiger partial charge in [-0.2, -0.15) is 5.10 Å². The molecule has 2 heterocycles. The van der Waals surface area contributed by atoms with Gasteiger partial charge in [-0.05, 0) is 54.6 Å². The van der Waals surface area contributed by atoms with E-state index in [9.17, 15) is 9.59 Å². The van der Waals surface area contributed by atoms with Gasteiger partial charge in [-0.15, -0.1) is 0 Å². The van der Waals surface area contributed by atoms with Crippen molar-refractivity contribution in [2.45, 2.75) is 13.3 Å². The molecule has 1 amide bonds. The van der Waals surface area contributed by atoms with E-state index in [1.807, 2.05) is 30.5 Å². The smallest absolute Gasteiger partial charge is 0.228 e. The average molecular weight is 359 g/mol. The van der Waals surface area contributed by atoms with Gasteiger partial charge >= 0.3 is 0 Å². The van der Waals surface area contributed by atoms with E-state index < -0.39 is 0 Å². The van der Waals surface area contributed by atoms with Crippen LogP contribution in [-0.2, 0) is 4.79 Å². The molecule has 0 aliphatic heterocycles. The SMILES string of the molecule is CCC(=O)Nc1ccc(C(=O)c2cc3cc(-n4cccn4)ccc3o2)cc1. The second-order valence-corrected chi connectivity index (χ2v) is 6.09. The maximum Gasteiger partial charge on any atom is 0.228 e. The number of hydrogen-bond donors (Lipinski definition) is 1. The van der Waals surface area contributed by atoms with Crippen LogP contribution in [0.4, 0.5) is 5.69 Å². The van der Waals surface area contributed by atoms with Gasteiger partial charge in [-0.25, -0.2) is 4.68 Å². The van der Waals surface area contributed by atoms with Gasteiger partial charge in [-0.1, -0.05) is 6.92 Å². The number of anilines is 1. The van der Waals surface area contributed by atoms with E-state index in [-0.39, 0.29) is 17.5 Å². The fraction of sp³-hybridized carbons (Fsp3) is 0.0952. The Hall–Kier alpha value is -3.67. The van der Waals surface area contributed by atoms with E-state index in [1.165, 1.54) is 0 Å². The van der Waals surface area contributed by atoms with Crippen molar-refractivity contribution < 1.29 is 14.0 Å². The summed E-state index contributed by atoms with van der Waals surface area (Å²) in [6.07, 6.45) is 3.97. The van der Waals surface area contributed by atoms with E-state index in [2.05, 4.69) is 10.4 Å². The molecule has 134 valence electrons. The number of hydrogen-bond acceptors (Lipinski definition) is 4. The van der Waals surface area contributed by atoms with Crippen molar-refractivity contribution in [3.05, 3.63) is 78.3 Å². The minimum absolute atomic E-state index is 0.0700. The maximum atomic E-state index is 12.7. The minimum atomic E-state index is -0.208. The molecule has 0 radical (unpaired) electrons. The molecule has 0 spiro atoms. The van der Waals surface area contributed by atoms with Gasteiger partial charge < -0.3 is 9.73 Å². The van der Waals surface area contributed by atoms with Crippen LogP contribution in [0, 0.1) is 0 Å². The first-order valence-electron chi connectivity index (χ1n) is 8.62. The van der Waals surface area contributed by atoms with Crippen LogP contribution in [0.25, 0.3) is 16.7 Å². The zero-order valence-electron chi connectivity index (χ0n) is 14.7. The molecule has 0 bridgehead atoms. The summed E-state index contributed by atoms with van der Waals surface area (Å²) in [5.74, 6) is -0.00693. The van der Waals surface area contributed by atoms with Gasteiger partial charge in [-0.3, -0.25) is 9.59 Å². The topological polar surface area (TPSA) is 77.1 Å². The Morgan fingerprint density at radius 2 is 1.93 bits per heavy atom. The minimum Gasteiger partial charge on any atom is -0.453 e. The fourth-order valence-electron chi connectivity index (χ4n) is 2.80. The van der Waals surface area contributed by atoms with Crippen LogP contribution < -0.4 is 5.32 Å². The van der Waals surface area contributed by atoms with E-state index in [4.69, 9.17) is 4.42 Å². The maximum absolute atomic E-state index is 12.7. The predicted octanol–water partition coefficient (Wildman–Crippen LogP) is 4.20. The van der Waals surface area contributed by atoms with Gasteiger partial charge in [0.25, 0.3) is 0 Å². The highest BCUT2D eigenvalue weighted by Crippen LogP contribution is 2.24. The number of fused-ring (bicyclic) bond motifs is 1. The number of amides is 1. The summed E-state index contributed by atoms with van der Waals surface area (Å²) in [7, 11) is 0. The molecule has 0 saturated heterocycles. The highest BCUT2D eigenvalue weighted by Gasteiger charge is 2.15. The van der Waals surface area contributed by atoms with Gasteiger partial charge in [0.2, 0.25) is 11.7 Å². The highest BCUT2D eigenvalue weighted by molar-refractivity contribution is 6.09. The molecular weight excluding hydrogens is 342 g/mol. The summed E-state index contributed by atoms with van der Waals surface area (Å²) >= 11 is 0. The average Bonchev–Trinajstić information content (AvgIpc) is 3.37. The van der Waals surface area contributed by atoms with Crippen molar-refractivity contribution in [1.82, 2.24) is 9.78 Å². The molecular formula is C21H17N3O3. The van der Waals surface area contributed by atoms with Crippen LogP contribution in [0.15, 0.2) is 71.4 Å². The first-order chi connectivity index (χ1) is 13.1. The quantitative estimate of drug-likeness (QED) is 0.542. The molecule has 2 aromatic carbocycles. The Bertz CT molecular complexity index is 1110. The molecule has 0 aliphatic carbocycles. The zero-order chi connectivity index (χ0) is 18.8. The van der Waals surface area contributed by atoms with Gasteiger partial charge in [0.15, 0.2) is 5.76 Å². The van der Waals surface area contributed by atoms with Crippen molar-refractivity contribution in [1.29, 1.82) is 0 Å². The van der Waals surface area contributed by atoms with Crippen LogP contribution in [-0.4, -0.2) is 21.5 Å². The Morgan fingerprint density at radius 3 is 2.63 bits per heavy atom. The number of ketones is 1. The number of benzene rings is 2. The third-order valence-corrected chi connectivity index (χ3v) is 4.24. The summed E-state index contributed by atoms with van der Waals surface area (Å²) < 4.78 is 7.47. The van der Waals surface area contributed by atoms with E-state index in [0.29, 0.717) is 23.3 Å². The van der Waals surface area contributed by atoms with E-state index >= 15 is 0 Å². The lowest BCUT2D eigenvalue weighted by molar-refractivity contribution is -0.115. The lowest BCUT2D eigenvalue weighted by Crippen LogP contribution is -2.09. The molecule has 2 aromatic heterocycles. The van der Waals surface area contributed by atoms with Crippen LogP contribution in [0.3, 0.4) is 0 Å². The number of furan rings is 1. The van der Waals surface area contributed by atoms with Crippen molar-refractivity contribution in [2.75, 3.05) is 5.32 Å². The third kappa shape index (κ3) is 3.37. The monoisotopic (exact) mass is 359 g/mol. The Kier molecular flexibility index (Phi) is 4.30. The summed E-state index contributed by atoms with van der Waals surface area (Å²) in [4.78, 5) is 24.2. The lowest BCUT2D eigenvalue weighted by atomic mass is 10.1. The standard InChI is InChI=1S/C21H17N3O3/c1-2-20(25)23-16-6-4-14(5-7-16)21(26)19-13-15-12-17(8-9-18(15)27-19)24-11-3-10-22-24/h3-13H,2H2,1H3,(H,23,25). The van der Waals surface area contributed by atoms with Gasteiger partial charge in [0, 0.05) is 35.5 Å². The molecule has 6 nitrogen and oxygen atoms in total. The highest BCUT2D eigenvalue weighted by atomic mass is 16.3. The fourth-order valence-corrected chi connectivity index (χ4v) is 2.80. The number of carbonyl (C=O) groups excluding carboxylic acids is 2. The number of rotatable bonds is 5. The number of aromatic nitrogens is 2. The lowest BCUT2D eigenvalue weighted by Gasteiger charge is -2.04. The summed E-state index contributed by atoms with van der Waals surface area (Å²) in [5, 5.41) is 7.80. The Labute approximate surface area is 155 Å². The number of nitrogens with zero attached hydrogens (tertiary/aromatic N) is 2. The van der Waals surface area contributed by atoms with Crippen LogP contribution in [0.5, 0.6) is 0 Å². The van der Waals surface area contributed by atoms with Crippen molar-refractivity contribution in [3.8, 4) is 5.69 Å². The van der Waals surface area contributed by atoms with Gasteiger partial charge in [0.1, 0.15) is 5.58 Å². The Morgan fingerprint density at radius 1 is 1.11 bits per heavy atom. The molecule has 0 unspecified atom stereocenters. The summed E-state index contributed by atoms with van der Waals surface area (Å²) in [5.41, 5.74) is 2.69.